The summed E-state index contributed by atoms with van der Waals surface area (Å²) in [6.07, 6.45) is 3.00. The molecule has 0 N–H and O–H groups in total. The first-order chi connectivity index (χ1) is 9.65. The molecule has 2 nitrogen and oxygen atoms in total. The van der Waals surface area contributed by atoms with Crippen molar-refractivity contribution >= 4 is 17.5 Å². The summed E-state index contributed by atoms with van der Waals surface area (Å²) >= 11 is 1.74. The number of hydrogen-bond donors (Lipinski definition) is 0. The third kappa shape index (κ3) is 2.73. The molecular formula is C17H22O2S. The molecule has 1 aliphatic carbocycles. The highest BCUT2D eigenvalue weighted by atomic mass is 32.2. The highest BCUT2D eigenvalue weighted by Gasteiger charge is 2.35. The Kier molecular flexibility index (Phi) is 4.06. The average Bonchev–Trinajstić information content (AvgIpc) is 2.49. The quantitative estimate of drug-likeness (QED) is 0.817. The number of ketones is 1. The normalized spacial score (nSPS) is 33.1. The van der Waals surface area contributed by atoms with Crippen LogP contribution >= 0.6 is 11.8 Å². The fraction of sp³-hybridized carbons (Fsp3) is 0.588. The lowest BCUT2D eigenvalue weighted by Gasteiger charge is -2.34. The summed E-state index contributed by atoms with van der Waals surface area (Å²) in [5, 5.41) is 0. The molecule has 108 valence electrons. The number of carbonyl (C=O) groups excluding carboxylic acids is 1. The van der Waals surface area contributed by atoms with Crippen molar-refractivity contribution in [3.8, 4) is 5.75 Å². The number of fused-ring (bicyclic) bond motifs is 1. The van der Waals surface area contributed by atoms with Gasteiger partial charge in [0.05, 0.1) is 0 Å². The summed E-state index contributed by atoms with van der Waals surface area (Å²) in [6, 6.07) is 8.01. The number of hydrogen-bond acceptors (Lipinski definition) is 3. The standard InChI is InChI=1S/C17H22O2S/c1-11-7-8-13(9-12(11)2)17(18)15-10-20-16-6-4-3-5-14(16)19-15/h3-6,11-13,15H,7-10H2,1-2H3. The van der Waals surface area contributed by atoms with Gasteiger partial charge < -0.3 is 4.74 Å². The molecule has 20 heavy (non-hydrogen) atoms. The largest absolute Gasteiger partial charge is 0.481 e. The first kappa shape index (κ1) is 14.0. The molecule has 0 amide bonds. The van der Waals surface area contributed by atoms with E-state index in [1.165, 1.54) is 6.42 Å². The van der Waals surface area contributed by atoms with E-state index in [0.717, 1.165) is 35.2 Å². The molecule has 3 heteroatoms. The molecule has 4 unspecified atom stereocenters. The molecule has 0 spiro atoms. The molecular weight excluding hydrogens is 268 g/mol. The molecule has 1 saturated carbocycles. The molecule has 4 atom stereocenters. The molecule has 3 rings (SSSR count). The topological polar surface area (TPSA) is 26.3 Å². The number of para-hydroxylation sites is 1. The van der Waals surface area contributed by atoms with Crippen LogP contribution in [-0.4, -0.2) is 17.6 Å². The molecule has 1 aromatic carbocycles. The van der Waals surface area contributed by atoms with Crippen molar-refractivity contribution in [1.82, 2.24) is 0 Å². The SMILES string of the molecule is CC1CCC(C(=O)C2CSc3ccccc3O2)CC1C. The van der Waals surface area contributed by atoms with E-state index < -0.39 is 0 Å². The number of ether oxygens (including phenoxy) is 1. The highest BCUT2D eigenvalue weighted by Crippen LogP contribution is 2.39. The van der Waals surface area contributed by atoms with E-state index in [4.69, 9.17) is 4.74 Å². The van der Waals surface area contributed by atoms with Crippen LogP contribution in [0.2, 0.25) is 0 Å². The lowest BCUT2D eigenvalue weighted by atomic mass is 9.74. The van der Waals surface area contributed by atoms with Crippen LogP contribution in [0, 0.1) is 17.8 Å². The Morgan fingerprint density at radius 2 is 2.00 bits per heavy atom. The Morgan fingerprint density at radius 1 is 1.20 bits per heavy atom. The number of carbonyl (C=O) groups is 1. The molecule has 0 saturated heterocycles. The summed E-state index contributed by atoms with van der Waals surface area (Å²) in [5.74, 6) is 3.57. The van der Waals surface area contributed by atoms with Crippen molar-refractivity contribution in [3.63, 3.8) is 0 Å². The summed E-state index contributed by atoms with van der Waals surface area (Å²) in [6.45, 7) is 4.57. The first-order valence-electron chi connectivity index (χ1n) is 7.57. The van der Waals surface area contributed by atoms with Gasteiger partial charge in [0.1, 0.15) is 5.75 Å². The van der Waals surface area contributed by atoms with Crippen LogP contribution in [0.15, 0.2) is 29.2 Å². The Hall–Kier alpha value is -0.960. The van der Waals surface area contributed by atoms with Crippen LogP contribution in [0.1, 0.15) is 33.1 Å². The van der Waals surface area contributed by atoms with Gasteiger partial charge in [0.2, 0.25) is 0 Å². The zero-order chi connectivity index (χ0) is 14.1. The van der Waals surface area contributed by atoms with E-state index in [-0.39, 0.29) is 12.0 Å². The summed E-state index contributed by atoms with van der Waals surface area (Å²) < 4.78 is 5.94. The minimum atomic E-state index is -0.250. The Bertz CT molecular complexity index is 500. The lowest BCUT2D eigenvalue weighted by Crippen LogP contribution is -2.39. The van der Waals surface area contributed by atoms with Gasteiger partial charge in [-0.05, 0) is 43.2 Å². The molecule has 2 aliphatic rings. The second kappa shape index (κ2) is 5.80. The Balaban J connectivity index is 1.67. The predicted octanol–water partition coefficient (Wildman–Crippen LogP) is 4.18. The van der Waals surface area contributed by atoms with Gasteiger partial charge in [-0.25, -0.2) is 0 Å². The fourth-order valence-electron chi connectivity index (χ4n) is 3.23. The van der Waals surface area contributed by atoms with Crippen LogP contribution in [0.5, 0.6) is 5.75 Å². The number of thioether (sulfide) groups is 1. The van der Waals surface area contributed by atoms with Gasteiger partial charge >= 0.3 is 0 Å². The molecule has 0 bridgehead atoms. The summed E-state index contributed by atoms with van der Waals surface area (Å²) in [4.78, 5) is 13.8. The monoisotopic (exact) mass is 290 g/mol. The van der Waals surface area contributed by atoms with Gasteiger partial charge in [-0.2, -0.15) is 0 Å². The van der Waals surface area contributed by atoms with Crippen molar-refractivity contribution in [2.75, 3.05) is 5.75 Å². The first-order valence-corrected chi connectivity index (χ1v) is 8.56. The third-order valence-electron chi connectivity index (χ3n) is 4.83. The minimum absolute atomic E-state index is 0.206. The maximum Gasteiger partial charge on any atom is 0.177 e. The number of benzene rings is 1. The second-order valence-corrected chi connectivity index (χ2v) is 7.29. The number of Topliss-reactive ketones (excluding diaryl/α,β-unsaturated/α-hetero) is 1. The van der Waals surface area contributed by atoms with Crippen molar-refractivity contribution in [2.24, 2.45) is 17.8 Å². The van der Waals surface area contributed by atoms with Gasteiger partial charge in [-0.15, -0.1) is 11.8 Å². The molecule has 0 radical (unpaired) electrons. The summed E-state index contributed by atoms with van der Waals surface area (Å²) in [5.41, 5.74) is 0. The van der Waals surface area contributed by atoms with E-state index >= 15 is 0 Å². The van der Waals surface area contributed by atoms with Gasteiger partial charge in [-0.3, -0.25) is 4.79 Å². The van der Waals surface area contributed by atoms with Crippen molar-refractivity contribution in [1.29, 1.82) is 0 Å². The van der Waals surface area contributed by atoms with Crippen molar-refractivity contribution in [3.05, 3.63) is 24.3 Å². The van der Waals surface area contributed by atoms with Gasteiger partial charge in [0, 0.05) is 16.6 Å². The van der Waals surface area contributed by atoms with Crippen LogP contribution in [0.25, 0.3) is 0 Å². The van der Waals surface area contributed by atoms with Crippen LogP contribution in [-0.2, 0) is 4.79 Å². The molecule has 0 aromatic heterocycles. The van der Waals surface area contributed by atoms with Crippen LogP contribution in [0.4, 0.5) is 0 Å². The Morgan fingerprint density at radius 3 is 2.80 bits per heavy atom. The van der Waals surface area contributed by atoms with Crippen molar-refractivity contribution in [2.45, 2.75) is 44.1 Å². The molecule has 1 fully saturated rings. The molecule has 1 aliphatic heterocycles. The average molecular weight is 290 g/mol. The molecule has 1 aromatic rings. The van der Waals surface area contributed by atoms with E-state index in [9.17, 15) is 4.79 Å². The minimum Gasteiger partial charge on any atom is -0.481 e. The van der Waals surface area contributed by atoms with Crippen molar-refractivity contribution < 1.29 is 9.53 Å². The molecule has 1 heterocycles. The van der Waals surface area contributed by atoms with Gasteiger partial charge in [-0.1, -0.05) is 26.0 Å². The zero-order valence-electron chi connectivity index (χ0n) is 12.2. The van der Waals surface area contributed by atoms with E-state index in [1.54, 1.807) is 11.8 Å². The van der Waals surface area contributed by atoms with Crippen LogP contribution < -0.4 is 4.74 Å². The van der Waals surface area contributed by atoms with E-state index in [2.05, 4.69) is 19.9 Å². The van der Waals surface area contributed by atoms with Crippen LogP contribution in [0.3, 0.4) is 0 Å². The highest BCUT2D eigenvalue weighted by molar-refractivity contribution is 7.99. The lowest BCUT2D eigenvalue weighted by molar-refractivity contribution is -0.130. The number of rotatable bonds is 2. The zero-order valence-corrected chi connectivity index (χ0v) is 13.0. The smallest absolute Gasteiger partial charge is 0.177 e. The maximum absolute atomic E-state index is 12.7. The fourth-order valence-corrected chi connectivity index (χ4v) is 4.23. The Labute approximate surface area is 125 Å². The maximum atomic E-state index is 12.7. The van der Waals surface area contributed by atoms with E-state index in [1.807, 2.05) is 18.2 Å². The predicted molar refractivity (Wildman–Crippen MR) is 82.3 cm³/mol. The van der Waals surface area contributed by atoms with Gasteiger partial charge in [0.25, 0.3) is 0 Å². The van der Waals surface area contributed by atoms with Gasteiger partial charge in [0.15, 0.2) is 11.9 Å². The summed E-state index contributed by atoms with van der Waals surface area (Å²) in [7, 11) is 0. The third-order valence-corrected chi connectivity index (χ3v) is 5.94. The van der Waals surface area contributed by atoms with E-state index in [0.29, 0.717) is 11.7 Å². The second-order valence-electron chi connectivity index (χ2n) is 6.23.